The fourth-order valence-corrected chi connectivity index (χ4v) is 3.04. The van der Waals surface area contributed by atoms with Gasteiger partial charge in [-0.25, -0.2) is 4.98 Å². The van der Waals surface area contributed by atoms with Gasteiger partial charge in [0.2, 0.25) is 11.7 Å². The largest absolute Gasteiger partial charge is 0.342 e. The maximum absolute atomic E-state index is 12.9. The van der Waals surface area contributed by atoms with Crippen molar-refractivity contribution in [3.05, 3.63) is 72.6 Å². The van der Waals surface area contributed by atoms with Crippen LogP contribution in [0.4, 0.5) is 5.69 Å². The van der Waals surface area contributed by atoms with Gasteiger partial charge in [-0.3, -0.25) is 9.59 Å². The fourth-order valence-electron chi connectivity index (χ4n) is 3.04. The SMILES string of the molecule is CC(C)CC(C(=O)Nc1cccc(C(=O)c2nccn2C)c1)n1cccc1. The lowest BCUT2D eigenvalue weighted by Crippen LogP contribution is -2.26. The van der Waals surface area contributed by atoms with Crippen LogP contribution in [0.1, 0.15) is 42.5 Å². The summed E-state index contributed by atoms with van der Waals surface area (Å²) < 4.78 is 3.59. The average Bonchev–Trinajstić information content (AvgIpc) is 3.30. The number of anilines is 1. The van der Waals surface area contributed by atoms with Crippen LogP contribution < -0.4 is 5.32 Å². The third-order valence-electron chi connectivity index (χ3n) is 4.40. The summed E-state index contributed by atoms with van der Waals surface area (Å²) in [6.45, 7) is 4.19. The highest BCUT2D eigenvalue weighted by Crippen LogP contribution is 2.21. The maximum Gasteiger partial charge on any atom is 0.247 e. The lowest BCUT2D eigenvalue weighted by molar-refractivity contribution is -0.119. The van der Waals surface area contributed by atoms with Crippen molar-refractivity contribution in [2.45, 2.75) is 26.3 Å². The first kappa shape index (κ1) is 18.6. The molecule has 0 saturated carbocycles. The zero-order valence-corrected chi connectivity index (χ0v) is 15.8. The van der Waals surface area contributed by atoms with Crippen molar-refractivity contribution >= 4 is 17.4 Å². The maximum atomic E-state index is 12.9. The molecule has 0 fully saturated rings. The van der Waals surface area contributed by atoms with Crippen LogP contribution in [0.15, 0.2) is 61.2 Å². The van der Waals surface area contributed by atoms with Crippen molar-refractivity contribution in [1.82, 2.24) is 14.1 Å². The van der Waals surface area contributed by atoms with Crippen LogP contribution in [0.3, 0.4) is 0 Å². The first-order valence-corrected chi connectivity index (χ1v) is 9.01. The quantitative estimate of drug-likeness (QED) is 0.650. The molecule has 0 bridgehead atoms. The molecular weight excluding hydrogens is 340 g/mol. The number of nitrogens with one attached hydrogen (secondary N) is 1. The van der Waals surface area contributed by atoms with E-state index in [-0.39, 0.29) is 17.7 Å². The molecule has 0 aliphatic rings. The van der Waals surface area contributed by atoms with Crippen molar-refractivity contribution in [1.29, 1.82) is 0 Å². The highest BCUT2D eigenvalue weighted by Gasteiger charge is 2.21. The number of aromatic nitrogens is 3. The summed E-state index contributed by atoms with van der Waals surface area (Å²) in [5.74, 6) is 0.465. The first-order chi connectivity index (χ1) is 13.0. The standard InChI is InChI=1S/C21H24N4O2/c1-15(2)13-18(25-10-4-5-11-25)21(27)23-17-8-6-7-16(14-17)19(26)20-22-9-12-24(20)3/h4-12,14-15,18H,13H2,1-3H3,(H,23,27). The number of amides is 1. The molecule has 0 aliphatic heterocycles. The van der Waals surface area contributed by atoms with E-state index < -0.39 is 0 Å². The molecule has 1 atom stereocenters. The van der Waals surface area contributed by atoms with Crippen LogP contribution in [0, 0.1) is 5.92 Å². The van der Waals surface area contributed by atoms with Crippen LogP contribution >= 0.6 is 0 Å². The molecule has 1 unspecified atom stereocenters. The summed E-state index contributed by atoms with van der Waals surface area (Å²) >= 11 is 0. The summed E-state index contributed by atoms with van der Waals surface area (Å²) in [6.07, 6.45) is 7.84. The van der Waals surface area contributed by atoms with E-state index >= 15 is 0 Å². The molecule has 0 saturated heterocycles. The number of nitrogens with zero attached hydrogens (tertiary/aromatic N) is 3. The van der Waals surface area contributed by atoms with Gasteiger partial charge in [0.1, 0.15) is 6.04 Å². The fraction of sp³-hybridized carbons (Fsp3) is 0.286. The molecule has 2 heterocycles. The number of imidazole rings is 1. The van der Waals surface area contributed by atoms with Gasteiger partial charge in [-0.1, -0.05) is 26.0 Å². The average molecular weight is 364 g/mol. The number of hydrogen-bond donors (Lipinski definition) is 1. The summed E-state index contributed by atoms with van der Waals surface area (Å²) in [6, 6.07) is 10.5. The van der Waals surface area contributed by atoms with Gasteiger partial charge >= 0.3 is 0 Å². The molecule has 140 valence electrons. The van der Waals surface area contributed by atoms with E-state index in [9.17, 15) is 9.59 Å². The summed E-state index contributed by atoms with van der Waals surface area (Å²) in [5.41, 5.74) is 1.09. The summed E-state index contributed by atoms with van der Waals surface area (Å²) in [4.78, 5) is 29.6. The molecule has 0 radical (unpaired) electrons. The lowest BCUT2D eigenvalue weighted by atomic mass is 10.0. The Balaban J connectivity index is 1.80. The molecule has 1 N–H and O–H groups in total. The van der Waals surface area contributed by atoms with E-state index in [4.69, 9.17) is 0 Å². The number of carbonyl (C=O) groups excluding carboxylic acids is 2. The van der Waals surface area contributed by atoms with Gasteiger partial charge in [-0.2, -0.15) is 0 Å². The molecule has 2 aromatic heterocycles. The van der Waals surface area contributed by atoms with E-state index in [1.165, 1.54) is 0 Å². The molecule has 3 aromatic rings. The Kier molecular flexibility index (Phi) is 5.54. The number of rotatable bonds is 7. The Morgan fingerprint density at radius 1 is 1.11 bits per heavy atom. The monoisotopic (exact) mass is 364 g/mol. The molecule has 6 heteroatoms. The van der Waals surface area contributed by atoms with Crippen LogP contribution in [-0.2, 0) is 11.8 Å². The number of aryl methyl sites for hydroxylation is 1. The Morgan fingerprint density at radius 3 is 2.48 bits per heavy atom. The van der Waals surface area contributed by atoms with Gasteiger partial charge in [0.25, 0.3) is 0 Å². The minimum atomic E-state index is -0.297. The number of benzene rings is 1. The third kappa shape index (κ3) is 4.34. The van der Waals surface area contributed by atoms with Crippen molar-refractivity contribution in [3.63, 3.8) is 0 Å². The van der Waals surface area contributed by atoms with E-state index in [2.05, 4.69) is 24.1 Å². The second-order valence-electron chi connectivity index (χ2n) is 7.04. The summed E-state index contributed by atoms with van der Waals surface area (Å²) in [5, 5.41) is 2.95. The third-order valence-corrected chi connectivity index (χ3v) is 4.40. The molecule has 0 aliphatic carbocycles. The second kappa shape index (κ2) is 8.03. The highest BCUT2D eigenvalue weighted by molar-refractivity contribution is 6.07. The van der Waals surface area contributed by atoms with E-state index in [1.54, 1.807) is 48.3 Å². The van der Waals surface area contributed by atoms with Gasteiger partial charge in [-0.05, 0) is 36.6 Å². The normalized spacial score (nSPS) is 12.1. The predicted molar refractivity (Wildman–Crippen MR) is 105 cm³/mol. The van der Waals surface area contributed by atoms with Gasteiger partial charge in [0.05, 0.1) is 0 Å². The van der Waals surface area contributed by atoms with E-state index in [1.807, 2.05) is 29.1 Å². The Morgan fingerprint density at radius 2 is 1.85 bits per heavy atom. The van der Waals surface area contributed by atoms with Crippen molar-refractivity contribution in [2.24, 2.45) is 13.0 Å². The second-order valence-corrected chi connectivity index (χ2v) is 7.04. The first-order valence-electron chi connectivity index (χ1n) is 9.01. The molecule has 0 spiro atoms. The van der Waals surface area contributed by atoms with E-state index in [0.29, 0.717) is 23.0 Å². The van der Waals surface area contributed by atoms with Crippen molar-refractivity contribution < 1.29 is 9.59 Å². The zero-order valence-electron chi connectivity index (χ0n) is 15.8. The minimum Gasteiger partial charge on any atom is -0.342 e. The molecule has 1 amide bonds. The number of carbonyl (C=O) groups is 2. The minimum absolute atomic E-state index is 0.0958. The van der Waals surface area contributed by atoms with Crippen molar-refractivity contribution in [3.8, 4) is 0 Å². The van der Waals surface area contributed by atoms with Gasteiger partial charge in [-0.15, -0.1) is 0 Å². The van der Waals surface area contributed by atoms with E-state index in [0.717, 1.165) is 6.42 Å². The number of ketones is 1. The van der Waals surface area contributed by atoms with Crippen LogP contribution in [0.2, 0.25) is 0 Å². The topological polar surface area (TPSA) is 68.9 Å². The Labute approximate surface area is 158 Å². The van der Waals surface area contributed by atoms with Gasteiger partial charge < -0.3 is 14.5 Å². The zero-order chi connectivity index (χ0) is 19.4. The number of hydrogen-bond acceptors (Lipinski definition) is 3. The highest BCUT2D eigenvalue weighted by atomic mass is 16.2. The Bertz CT molecular complexity index is 925. The van der Waals surface area contributed by atoms with Crippen LogP contribution in [0.5, 0.6) is 0 Å². The smallest absolute Gasteiger partial charge is 0.247 e. The summed E-state index contributed by atoms with van der Waals surface area (Å²) in [7, 11) is 1.78. The molecule has 1 aromatic carbocycles. The predicted octanol–water partition coefficient (Wildman–Crippen LogP) is 3.68. The van der Waals surface area contributed by atoms with Crippen LogP contribution in [-0.4, -0.2) is 25.8 Å². The molecule has 3 rings (SSSR count). The lowest BCUT2D eigenvalue weighted by Gasteiger charge is -2.20. The molecule has 6 nitrogen and oxygen atoms in total. The van der Waals surface area contributed by atoms with Crippen molar-refractivity contribution in [2.75, 3.05) is 5.32 Å². The Hall–Kier alpha value is -3.15. The van der Waals surface area contributed by atoms with Gasteiger partial charge in [0.15, 0.2) is 5.82 Å². The van der Waals surface area contributed by atoms with Crippen LogP contribution in [0.25, 0.3) is 0 Å². The van der Waals surface area contributed by atoms with Gasteiger partial charge in [0, 0.05) is 43.1 Å². The molecule has 27 heavy (non-hydrogen) atoms. The molecular formula is C21H24N4O2.